The van der Waals surface area contributed by atoms with Gasteiger partial charge in [0.05, 0.1) is 11.4 Å². The first kappa shape index (κ1) is 10.7. The lowest BCUT2D eigenvalue weighted by Gasteiger charge is -2.06. The number of aromatic nitrogens is 2. The second-order valence-corrected chi connectivity index (χ2v) is 4.29. The summed E-state index contributed by atoms with van der Waals surface area (Å²) in [5.74, 6) is 1.15. The highest BCUT2D eigenvalue weighted by Crippen LogP contribution is 2.27. The zero-order chi connectivity index (χ0) is 11.7. The van der Waals surface area contributed by atoms with Crippen LogP contribution in [-0.4, -0.2) is 9.78 Å². The average Bonchev–Trinajstić information content (AvgIpc) is 2.55. The molecule has 0 unspecified atom stereocenters. The van der Waals surface area contributed by atoms with Crippen LogP contribution in [0.5, 0.6) is 0 Å². The zero-order valence-corrected chi connectivity index (χ0v) is 9.94. The van der Waals surface area contributed by atoms with Crippen molar-refractivity contribution >= 4 is 5.82 Å². The molecular weight excluding hydrogens is 198 g/mol. The van der Waals surface area contributed by atoms with Crippen molar-refractivity contribution in [1.82, 2.24) is 9.78 Å². The molecule has 1 aromatic carbocycles. The van der Waals surface area contributed by atoms with E-state index >= 15 is 0 Å². The molecule has 0 saturated carbocycles. The summed E-state index contributed by atoms with van der Waals surface area (Å²) in [6, 6.07) is 9.97. The van der Waals surface area contributed by atoms with Gasteiger partial charge in [0.15, 0.2) is 0 Å². The van der Waals surface area contributed by atoms with Gasteiger partial charge in [-0.1, -0.05) is 32.0 Å². The molecule has 3 nitrogen and oxygen atoms in total. The fourth-order valence-corrected chi connectivity index (χ4v) is 2.04. The number of hydrogen-bond acceptors (Lipinski definition) is 2. The molecule has 2 rings (SSSR count). The van der Waals surface area contributed by atoms with Crippen molar-refractivity contribution < 1.29 is 0 Å². The summed E-state index contributed by atoms with van der Waals surface area (Å²) in [5.41, 5.74) is 9.30. The monoisotopic (exact) mass is 215 g/mol. The Bertz CT molecular complexity index is 483. The fraction of sp³-hybridized carbons (Fsp3) is 0.308. The van der Waals surface area contributed by atoms with Gasteiger partial charge in [0.1, 0.15) is 5.82 Å². The van der Waals surface area contributed by atoms with Crippen LogP contribution in [0, 0.1) is 6.92 Å². The molecule has 0 spiro atoms. The van der Waals surface area contributed by atoms with Crippen LogP contribution in [0.4, 0.5) is 5.82 Å². The molecule has 2 aromatic rings. The molecule has 0 radical (unpaired) electrons. The Balaban J connectivity index is 2.56. The van der Waals surface area contributed by atoms with Gasteiger partial charge in [-0.2, -0.15) is 5.10 Å². The number of para-hydroxylation sites is 1. The number of rotatable bonds is 2. The van der Waals surface area contributed by atoms with Gasteiger partial charge in [0.25, 0.3) is 0 Å². The van der Waals surface area contributed by atoms with E-state index < -0.39 is 0 Å². The lowest BCUT2D eigenvalue weighted by atomic mass is 10.0. The number of nitrogens with zero attached hydrogens (tertiary/aromatic N) is 2. The summed E-state index contributed by atoms with van der Waals surface area (Å²) in [5, 5.41) is 4.49. The van der Waals surface area contributed by atoms with Gasteiger partial charge in [0, 0.05) is 5.56 Å². The SMILES string of the molecule is Cc1nn(-c2ccccc2)c(N)c1C(C)C. The van der Waals surface area contributed by atoms with Gasteiger partial charge in [-0.05, 0) is 25.0 Å². The Hall–Kier alpha value is -1.77. The van der Waals surface area contributed by atoms with Gasteiger partial charge >= 0.3 is 0 Å². The van der Waals surface area contributed by atoms with E-state index in [2.05, 4.69) is 18.9 Å². The first-order chi connectivity index (χ1) is 7.61. The molecule has 3 heteroatoms. The molecule has 0 amide bonds. The summed E-state index contributed by atoms with van der Waals surface area (Å²) in [4.78, 5) is 0. The lowest BCUT2D eigenvalue weighted by molar-refractivity contribution is 0.858. The highest BCUT2D eigenvalue weighted by molar-refractivity contribution is 5.51. The largest absolute Gasteiger partial charge is 0.383 e. The average molecular weight is 215 g/mol. The lowest BCUT2D eigenvalue weighted by Crippen LogP contribution is -2.03. The quantitative estimate of drug-likeness (QED) is 0.837. The van der Waals surface area contributed by atoms with Crippen LogP contribution in [-0.2, 0) is 0 Å². The summed E-state index contributed by atoms with van der Waals surface area (Å²) < 4.78 is 1.81. The molecule has 1 aromatic heterocycles. The number of anilines is 1. The van der Waals surface area contributed by atoms with Crippen molar-refractivity contribution in [1.29, 1.82) is 0 Å². The van der Waals surface area contributed by atoms with Crippen LogP contribution in [0.1, 0.15) is 31.0 Å². The van der Waals surface area contributed by atoms with Crippen molar-refractivity contribution in [3.05, 3.63) is 41.6 Å². The molecule has 0 atom stereocenters. The van der Waals surface area contributed by atoms with Crippen LogP contribution < -0.4 is 5.73 Å². The normalized spacial score (nSPS) is 11.0. The molecular formula is C13H17N3. The summed E-state index contributed by atoms with van der Waals surface area (Å²) >= 11 is 0. The van der Waals surface area contributed by atoms with Crippen LogP contribution >= 0.6 is 0 Å². The van der Waals surface area contributed by atoms with Crippen molar-refractivity contribution in [2.24, 2.45) is 0 Å². The number of hydrogen-bond donors (Lipinski definition) is 1. The molecule has 0 bridgehead atoms. The second kappa shape index (κ2) is 4.00. The van der Waals surface area contributed by atoms with Crippen molar-refractivity contribution in [2.45, 2.75) is 26.7 Å². The van der Waals surface area contributed by atoms with Crippen molar-refractivity contribution in [3.8, 4) is 5.69 Å². The van der Waals surface area contributed by atoms with E-state index in [0.29, 0.717) is 5.92 Å². The third kappa shape index (κ3) is 1.69. The maximum absolute atomic E-state index is 6.14. The third-order valence-electron chi connectivity index (χ3n) is 2.72. The fourth-order valence-electron chi connectivity index (χ4n) is 2.04. The number of nitrogens with two attached hydrogens (primary N) is 1. The number of nitrogen functional groups attached to an aromatic ring is 1. The van der Waals surface area contributed by atoms with E-state index in [1.165, 1.54) is 0 Å². The smallest absolute Gasteiger partial charge is 0.130 e. The predicted octanol–water partition coefficient (Wildman–Crippen LogP) is 2.89. The van der Waals surface area contributed by atoms with Crippen LogP contribution in [0.15, 0.2) is 30.3 Å². The predicted molar refractivity (Wildman–Crippen MR) is 66.8 cm³/mol. The van der Waals surface area contributed by atoms with Crippen LogP contribution in [0.25, 0.3) is 5.69 Å². The highest BCUT2D eigenvalue weighted by atomic mass is 15.3. The Labute approximate surface area is 95.9 Å². The molecule has 16 heavy (non-hydrogen) atoms. The van der Waals surface area contributed by atoms with Gasteiger partial charge in [-0.3, -0.25) is 0 Å². The zero-order valence-electron chi connectivity index (χ0n) is 9.94. The molecule has 0 saturated heterocycles. The Kier molecular flexibility index (Phi) is 2.69. The van der Waals surface area contributed by atoms with Gasteiger partial charge in [-0.25, -0.2) is 4.68 Å². The van der Waals surface area contributed by atoms with Crippen LogP contribution in [0.3, 0.4) is 0 Å². The Morgan fingerprint density at radius 1 is 1.19 bits per heavy atom. The van der Waals surface area contributed by atoms with Gasteiger partial charge < -0.3 is 5.73 Å². The van der Waals surface area contributed by atoms with E-state index in [0.717, 1.165) is 22.8 Å². The minimum Gasteiger partial charge on any atom is -0.383 e. The van der Waals surface area contributed by atoms with E-state index in [-0.39, 0.29) is 0 Å². The van der Waals surface area contributed by atoms with E-state index in [1.54, 1.807) is 0 Å². The second-order valence-electron chi connectivity index (χ2n) is 4.29. The first-order valence-corrected chi connectivity index (χ1v) is 5.51. The summed E-state index contributed by atoms with van der Waals surface area (Å²) in [7, 11) is 0. The molecule has 1 heterocycles. The topological polar surface area (TPSA) is 43.8 Å². The Morgan fingerprint density at radius 2 is 1.81 bits per heavy atom. The first-order valence-electron chi connectivity index (χ1n) is 5.51. The van der Waals surface area contributed by atoms with Gasteiger partial charge in [-0.15, -0.1) is 0 Å². The van der Waals surface area contributed by atoms with Crippen molar-refractivity contribution in [2.75, 3.05) is 5.73 Å². The summed E-state index contributed by atoms with van der Waals surface area (Å²) in [6.07, 6.45) is 0. The molecule has 0 fully saturated rings. The van der Waals surface area contributed by atoms with E-state index in [9.17, 15) is 0 Å². The maximum Gasteiger partial charge on any atom is 0.130 e. The van der Waals surface area contributed by atoms with E-state index in [4.69, 9.17) is 5.73 Å². The Morgan fingerprint density at radius 3 is 2.31 bits per heavy atom. The van der Waals surface area contributed by atoms with E-state index in [1.807, 2.05) is 41.9 Å². The summed E-state index contributed by atoms with van der Waals surface area (Å²) in [6.45, 7) is 6.27. The molecule has 2 N–H and O–H groups in total. The van der Waals surface area contributed by atoms with Gasteiger partial charge in [0.2, 0.25) is 0 Å². The molecule has 84 valence electrons. The number of aryl methyl sites for hydroxylation is 1. The van der Waals surface area contributed by atoms with Crippen LogP contribution in [0.2, 0.25) is 0 Å². The molecule has 0 aliphatic rings. The highest BCUT2D eigenvalue weighted by Gasteiger charge is 2.15. The van der Waals surface area contributed by atoms with Crippen molar-refractivity contribution in [3.63, 3.8) is 0 Å². The number of benzene rings is 1. The standard InChI is InChI=1S/C13H17N3/c1-9(2)12-10(3)15-16(13(12)14)11-7-5-4-6-8-11/h4-9H,14H2,1-3H3. The minimum atomic E-state index is 0.400. The minimum absolute atomic E-state index is 0.400. The maximum atomic E-state index is 6.14. The molecule has 0 aliphatic heterocycles. The third-order valence-corrected chi connectivity index (χ3v) is 2.72. The molecule has 0 aliphatic carbocycles.